The maximum atomic E-state index is 11.4. The Bertz CT molecular complexity index is 431. The fraction of sp³-hybridized carbons (Fsp3) is 0.375. The van der Waals surface area contributed by atoms with Crippen molar-refractivity contribution in [2.75, 3.05) is 6.61 Å². The van der Waals surface area contributed by atoms with Gasteiger partial charge in [-0.3, -0.25) is 0 Å². The van der Waals surface area contributed by atoms with Gasteiger partial charge in [0.2, 0.25) is 0 Å². The van der Waals surface area contributed by atoms with E-state index in [2.05, 4.69) is 19.2 Å². The monoisotopic (exact) mass is 260 g/mol. The van der Waals surface area contributed by atoms with E-state index >= 15 is 0 Å². The van der Waals surface area contributed by atoms with Gasteiger partial charge in [0.1, 0.15) is 13.2 Å². The van der Waals surface area contributed by atoms with Gasteiger partial charge in [-0.05, 0) is 18.4 Å². The molecule has 3 heteroatoms. The summed E-state index contributed by atoms with van der Waals surface area (Å²) in [5.41, 5.74) is 4.64. The number of benzene rings is 1. The first kappa shape index (κ1) is 15.1. The van der Waals surface area contributed by atoms with E-state index in [1.165, 1.54) is 0 Å². The van der Waals surface area contributed by atoms with Crippen LogP contribution < -0.4 is 0 Å². The Kier molecular flexibility index (Phi) is 7.14. The van der Waals surface area contributed by atoms with E-state index < -0.39 is 6.16 Å². The molecule has 0 spiro atoms. The molecule has 0 unspecified atom stereocenters. The molecule has 1 aromatic carbocycles. The quantitative estimate of drug-likeness (QED) is 0.543. The highest BCUT2D eigenvalue weighted by molar-refractivity contribution is 5.60. The van der Waals surface area contributed by atoms with Gasteiger partial charge in [-0.2, -0.15) is 0 Å². The van der Waals surface area contributed by atoms with Crippen molar-refractivity contribution in [3.05, 3.63) is 53.8 Å². The minimum absolute atomic E-state index is 0.205. The summed E-state index contributed by atoms with van der Waals surface area (Å²) in [6.45, 7) is 6.13. The lowest BCUT2D eigenvalue weighted by molar-refractivity contribution is 0.0555. The molecule has 0 aliphatic heterocycles. The molecule has 0 radical (unpaired) electrons. The average Bonchev–Trinajstić information content (AvgIpc) is 2.46. The van der Waals surface area contributed by atoms with Crippen LogP contribution in [0.4, 0.5) is 4.79 Å². The molecule has 19 heavy (non-hydrogen) atoms. The van der Waals surface area contributed by atoms with Crippen molar-refractivity contribution in [1.29, 1.82) is 0 Å². The molecule has 1 aromatic rings. The second-order valence-electron chi connectivity index (χ2n) is 4.20. The van der Waals surface area contributed by atoms with E-state index in [9.17, 15) is 4.79 Å². The third-order valence-electron chi connectivity index (χ3n) is 2.65. The Balaban J connectivity index is 2.26. The van der Waals surface area contributed by atoms with Crippen LogP contribution >= 0.6 is 0 Å². The topological polar surface area (TPSA) is 35.5 Å². The van der Waals surface area contributed by atoms with Crippen LogP contribution in [0.25, 0.3) is 0 Å². The van der Waals surface area contributed by atoms with Crippen LogP contribution in [-0.4, -0.2) is 12.8 Å². The second-order valence-corrected chi connectivity index (χ2v) is 4.20. The van der Waals surface area contributed by atoms with Crippen LogP contribution in [0.15, 0.2) is 48.2 Å². The highest BCUT2D eigenvalue weighted by Gasteiger charge is 2.06. The molecule has 0 bridgehead atoms. The maximum Gasteiger partial charge on any atom is 0.508 e. The Morgan fingerprint density at radius 2 is 2.00 bits per heavy atom. The van der Waals surface area contributed by atoms with Crippen molar-refractivity contribution in [1.82, 2.24) is 0 Å². The smallest absolute Gasteiger partial charge is 0.429 e. The van der Waals surface area contributed by atoms with E-state index in [0.717, 1.165) is 30.4 Å². The van der Waals surface area contributed by atoms with Gasteiger partial charge in [0, 0.05) is 5.57 Å². The number of ether oxygens (including phenoxy) is 2. The number of rotatable bonds is 7. The molecule has 0 saturated carbocycles. The third kappa shape index (κ3) is 6.49. The zero-order chi connectivity index (χ0) is 13.9. The molecule has 102 valence electrons. The van der Waals surface area contributed by atoms with Gasteiger partial charge in [-0.1, -0.05) is 50.3 Å². The number of unbranched alkanes of at least 4 members (excludes halogenated alkanes) is 1. The van der Waals surface area contributed by atoms with Gasteiger partial charge in [0.05, 0.1) is 0 Å². The molecule has 0 aromatic heterocycles. The fourth-order valence-electron chi connectivity index (χ4n) is 1.51. The van der Waals surface area contributed by atoms with Crippen LogP contribution in [0.5, 0.6) is 0 Å². The Morgan fingerprint density at radius 1 is 1.26 bits per heavy atom. The molecule has 0 N–H and O–H groups in total. The lowest BCUT2D eigenvalue weighted by atomic mass is 10.1. The van der Waals surface area contributed by atoms with Crippen molar-refractivity contribution in [3.63, 3.8) is 0 Å². The molecular formula is C16H20O3. The molecular weight excluding hydrogens is 240 g/mol. The van der Waals surface area contributed by atoms with Gasteiger partial charge < -0.3 is 9.47 Å². The van der Waals surface area contributed by atoms with Gasteiger partial charge in [-0.25, -0.2) is 4.79 Å². The minimum Gasteiger partial charge on any atom is -0.429 e. The first-order valence-electron chi connectivity index (χ1n) is 6.47. The van der Waals surface area contributed by atoms with E-state index in [1.54, 1.807) is 0 Å². The van der Waals surface area contributed by atoms with Gasteiger partial charge >= 0.3 is 6.16 Å². The van der Waals surface area contributed by atoms with Crippen molar-refractivity contribution >= 4 is 6.16 Å². The normalized spacial score (nSPS) is 9.53. The summed E-state index contributed by atoms with van der Waals surface area (Å²) in [5.74, 6) is 0. The molecule has 1 rings (SSSR count). The molecule has 0 amide bonds. The standard InChI is InChI=1S/C16H20O3/c1-3-5-9-14(4-2)12-18-16(17)19-13-15-10-7-6-8-11-15/h6-8,10-11H,2-3,5,9,12-13H2,1H3. The third-order valence-corrected chi connectivity index (χ3v) is 2.65. The average molecular weight is 260 g/mol. The highest BCUT2D eigenvalue weighted by atomic mass is 16.7. The molecule has 0 fully saturated rings. The first-order valence-corrected chi connectivity index (χ1v) is 6.47. The summed E-state index contributed by atoms with van der Waals surface area (Å²) in [7, 11) is 0. The zero-order valence-electron chi connectivity index (χ0n) is 11.4. The molecule has 0 heterocycles. The summed E-state index contributed by atoms with van der Waals surface area (Å²) in [6, 6.07) is 9.49. The number of hydrogen-bond acceptors (Lipinski definition) is 3. The molecule has 0 aliphatic carbocycles. The largest absolute Gasteiger partial charge is 0.508 e. The molecule has 3 nitrogen and oxygen atoms in total. The molecule has 0 saturated heterocycles. The lowest BCUT2D eigenvalue weighted by Gasteiger charge is -2.07. The summed E-state index contributed by atoms with van der Waals surface area (Å²) < 4.78 is 10.0. The van der Waals surface area contributed by atoms with Crippen LogP contribution in [0.3, 0.4) is 0 Å². The van der Waals surface area contributed by atoms with Crippen LogP contribution in [-0.2, 0) is 16.1 Å². The first-order chi connectivity index (χ1) is 9.26. The maximum absolute atomic E-state index is 11.4. The Labute approximate surface area is 114 Å². The van der Waals surface area contributed by atoms with Crippen molar-refractivity contribution in [3.8, 4) is 0 Å². The Hall–Kier alpha value is -1.99. The van der Waals surface area contributed by atoms with E-state index in [0.29, 0.717) is 0 Å². The van der Waals surface area contributed by atoms with Crippen molar-refractivity contribution in [2.45, 2.75) is 32.8 Å². The highest BCUT2D eigenvalue weighted by Crippen LogP contribution is 2.07. The summed E-state index contributed by atoms with van der Waals surface area (Å²) >= 11 is 0. The van der Waals surface area contributed by atoms with Gasteiger partial charge in [0.15, 0.2) is 0 Å². The van der Waals surface area contributed by atoms with Gasteiger partial charge in [0.25, 0.3) is 0 Å². The van der Waals surface area contributed by atoms with Crippen molar-refractivity contribution < 1.29 is 14.3 Å². The van der Waals surface area contributed by atoms with Gasteiger partial charge in [-0.15, -0.1) is 5.73 Å². The Morgan fingerprint density at radius 3 is 2.63 bits per heavy atom. The van der Waals surface area contributed by atoms with Crippen molar-refractivity contribution in [2.24, 2.45) is 0 Å². The lowest BCUT2D eigenvalue weighted by Crippen LogP contribution is -2.09. The van der Waals surface area contributed by atoms with Crippen LogP contribution in [0.1, 0.15) is 31.7 Å². The minimum atomic E-state index is -0.659. The summed E-state index contributed by atoms with van der Waals surface area (Å²) in [6.07, 6.45) is 2.32. The summed E-state index contributed by atoms with van der Waals surface area (Å²) in [5, 5.41) is 0. The van der Waals surface area contributed by atoms with E-state index in [4.69, 9.17) is 9.47 Å². The number of hydrogen-bond donors (Lipinski definition) is 0. The fourth-order valence-corrected chi connectivity index (χ4v) is 1.51. The predicted molar refractivity (Wildman–Crippen MR) is 74.8 cm³/mol. The van der Waals surface area contributed by atoms with E-state index in [-0.39, 0.29) is 13.2 Å². The molecule has 0 aliphatic rings. The van der Waals surface area contributed by atoms with Crippen LogP contribution in [0.2, 0.25) is 0 Å². The van der Waals surface area contributed by atoms with E-state index in [1.807, 2.05) is 30.3 Å². The summed E-state index contributed by atoms with van der Waals surface area (Å²) in [4.78, 5) is 11.4. The molecule has 0 atom stereocenters. The number of carbonyl (C=O) groups excluding carboxylic acids is 1. The van der Waals surface area contributed by atoms with Crippen LogP contribution in [0, 0.1) is 0 Å². The SMILES string of the molecule is C=C=C(CCCC)COC(=O)OCc1ccccc1. The zero-order valence-corrected chi connectivity index (χ0v) is 11.4. The number of carbonyl (C=O) groups is 1. The predicted octanol–water partition coefficient (Wildman–Crippen LogP) is 4.24. The second kappa shape index (κ2) is 9.01.